The molecule has 4 amide bonds. The summed E-state index contributed by atoms with van der Waals surface area (Å²) in [7, 11) is 7.38. The summed E-state index contributed by atoms with van der Waals surface area (Å²) < 4.78 is 0. The normalized spacial score (nSPS) is 14.0. The lowest BCUT2D eigenvalue weighted by molar-refractivity contribution is -0.384. The molecule has 236 valence electrons. The summed E-state index contributed by atoms with van der Waals surface area (Å²) in [5.74, 6) is -1.68. The van der Waals surface area contributed by atoms with Gasteiger partial charge >= 0.3 is 0 Å². The summed E-state index contributed by atoms with van der Waals surface area (Å²) in [5.41, 5.74) is 0.933. The minimum absolute atomic E-state index is 0.153. The molecule has 4 aromatic rings. The Morgan fingerprint density at radius 2 is 0.913 bits per heavy atom. The SMILES string of the molecule is CN(C)CCN1C(=O)c2cccc3cc([N+](=O)[O-])cc(c23)C1=O.CN(C)CCN1C(=O)c2cccc3cc([N+](=O)[O-])cc(c23)C1=O. The van der Waals surface area contributed by atoms with Gasteiger partial charge in [-0.1, -0.05) is 24.3 Å². The summed E-state index contributed by atoms with van der Waals surface area (Å²) in [6, 6.07) is 15.3. The first-order valence-corrected chi connectivity index (χ1v) is 14.2. The summed E-state index contributed by atoms with van der Waals surface area (Å²) in [4.78, 5) is 77.7. The van der Waals surface area contributed by atoms with Crippen LogP contribution in [0.3, 0.4) is 0 Å². The van der Waals surface area contributed by atoms with Gasteiger partial charge in [-0.05, 0) is 51.1 Å². The predicted molar refractivity (Wildman–Crippen MR) is 169 cm³/mol. The minimum Gasteiger partial charge on any atom is -0.308 e. The quantitative estimate of drug-likeness (QED) is 0.159. The van der Waals surface area contributed by atoms with Crippen molar-refractivity contribution in [2.45, 2.75) is 0 Å². The maximum Gasteiger partial charge on any atom is 0.270 e. The third-order valence-electron chi connectivity index (χ3n) is 7.79. The molecule has 0 atom stereocenters. The van der Waals surface area contributed by atoms with Crippen molar-refractivity contribution in [2.24, 2.45) is 0 Å². The van der Waals surface area contributed by atoms with Crippen LogP contribution >= 0.6 is 0 Å². The molecule has 0 saturated heterocycles. The first kappa shape index (κ1) is 31.8. The fourth-order valence-corrected chi connectivity index (χ4v) is 5.50. The number of non-ortho nitro benzene ring substituents is 2. The Kier molecular flexibility index (Phi) is 8.59. The van der Waals surface area contributed by atoms with Gasteiger partial charge in [0.25, 0.3) is 35.0 Å². The van der Waals surface area contributed by atoms with Crippen LogP contribution in [0.5, 0.6) is 0 Å². The number of nitrogens with zero attached hydrogens (tertiary/aromatic N) is 6. The first-order chi connectivity index (χ1) is 21.8. The molecule has 4 aromatic carbocycles. The maximum absolute atomic E-state index is 12.7. The monoisotopic (exact) mass is 626 g/mol. The molecule has 6 rings (SSSR count). The Hall–Kier alpha value is -5.60. The number of benzene rings is 4. The van der Waals surface area contributed by atoms with Gasteiger partial charge in [-0.15, -0.1) is 0 Å². The minimum atomic E-state index is -0.531. The van der Waals surface area contributed by atoms with Gasteiger partial charge in [0, 0.05) is 72.3 Å². The molecule has 14 heteroatoms. The van der Waals surface area contributed by atoms with Crippen LogP contribution in [-0.4, -0.2) is 107 Å². The molecule has 0 radical (unpaired) electrons. The lowest BCUT2D eigenvalue weighted by Gasteiger charge is -2.28. The van der Waals surface area contributed by atoms with Gasteiger partial charge in [0.15, 0.2) is 0 Å². The van der Waals surface area contributed by atoms with E-state index in [9.17, 15) is 39.4 Å². The van der Waals surface area contributed by atoms with Crippen LogP contribution in [0.25, 0.3) is 21.5 Å². The van der Waals surface area contributed by atoms with E-state index in [0.717, 1.165) is 9.80 Å². The highest BCUT2D eigenvalue weighted by Crippen LogP contribution is 2.34. The molecule has 2 aliphatic rings. The Labute approximate surface area is 262 Å². The first-order valence-electron chi connectivity index (χ1n) is 14.2. The standard InChI is InChI=1S/2C16H15N3O4/c2*1-17(2)6-7-18-15(20)12-5-3-4-10-8-11(19(22)23)9-13(14(10)12)16(18)21/h2*3-5,8-9H,6-7H2,1-2H3. The molecule has 0 aliphatic carbocycles. The van der Waals surface area contributed by atoms with Gasteiger partial charge in [-0.3, -0.25) is 49.2 Å². The summed E-state index contributed by atoms with van der Waals surface area (Å²) in [6.45, 7) is 1.53. The highest BCUT2D eigenvalue weighted by Gasteiger charge is 2.35. The molecule has 0 bridgehead atoms. The second-order valence-electron chi connectivity index (χ2n) is 11.4. The number of likely N-dealkylation sites (N-methyl/N-ethyl adjacent to an activating group) is 2. The van der Waals surface area contributed by atoms with Crippen molar-refractivity contribution in [1.29, 1.82) is 0 Å². The molecule has 14 nitrogen and oxygen atoms in total. The zero-order valence-corrected chi connectivity index (χ0v) is 25.6. The summed E-state index contributed by atoms with van der Waals surface area (Å²) in [6.07, 6.45) is 0. The van der Waals surface area contributed by atoms with Crippen LogP contribution in [0.4, 0.5) is 11.4 Å². The molecule has 0 spiro atoms. The number of nitro groups is 2. The van der Waals surface area contributed by atoms with E-state index in [2.05, 4.69) is 0 Å². The molecule has 0 saturated carbocycles. The lowest BCUT2D eigenvalue weighted by Crippen LogP contribution is -2.43. The number of carbonyl (C=O) groups is 4. The smallest absolute Gasteiger partial charge is 0.270 e. The molecule has 0 fully saturated rings. The number of imide groups is 2. The number of carbonyl (C=O) groups excluding carboxylic acids is 4. The largest absolute Gasteiger partial charge is 0.308 e. The van der Waals surface area contributed by atoms with E-state index in [1.165, 1.54) is 24.3 Å². The van der Waals surface area contributed by atoms with Gasteiger partial charge in [-0.2, -0.15) is 0 Å². The number of rotatable bonds is 8. The molecular weight excluding hydrogens is 596 g/mol. The molecule has 2 heterocycles. The van der Waals surface area contributed by atoms with E-state index in [4.69, 9.17) is 0 Å². The second kappa shape index (κ2) is 12.4. The van der Waals surface area contributed by atoms with Crippen molar-refractivity contribution < 1.29 is 29.0 Å². The van der Waals surface area contributed by atoms with E-state index in [0.29, 0.717) is 45.8 Å². The zero-order chi connectivity index (χ0) is 33.4. The van der Waals surface area contributed by atoms with Crippen LogP contribution in [0.15, 0.2) is 60.7 Å². The topological polar surface area (TPSA) is 168 Å². The molecule has 46 heavy (non-hydrogen) atoms. The molecule has 0 aromatic heterocycles. The van der Waals surface area contributed by atoms with Crippen LogP contribution in [0, 0.1) is 20.2 Å². The molecular formula is C32H30N6O8. The van der Waals surface area contributed by atoms with E-state index in [1.54, 1.807) is 36.4 Å². The van der Waals surface area contributed by atoms with Crippen LogP contribution in [0.1, 0.15) is 41.4 Å². The molecule has 0 unspecified atom stereocenters. The van der Waals surface area contributed by atoms with Crippen molar-refractivity contribution in [3.8, 4) is 0 Å². The van der Waals surface area contributed by atoms with Crippen molar-refractivity contribution in [1.82, 2.24) is 19.6 Å². The Morgan fingerprint density at radius 3 is 1.24 bits per heavy atom. The zero-order valence-electron chi connectivity index (χ0n) is 25.6. The van der Waals surface area contributed by atoms with Gasteiger partial charge in [0.1, 0.15) is 0 Å². The van der Waals surface area contributed by atoms with E-state index in [1.807, 2.05) is 38.0 Å². The molecule has 0 N–H and O–H groups in total. The molecule has 2 aliphatic heterocycles. The average Bonchev–Trinajstić information content (AvgIpc) is 3.01. The maximum atomic E-state index is 12.7. The van der Waals surface area contributed by atoms with Crippen LogP contribution in [0.2, 0.25) is 0 Å². The highest BCUT2D eigenvalue weighted by molar-refractivity contribution is 6.26. The number of nitro benzene ring substituents is 2. The predicted octanol–water partition coefficient (Wildman–Crippen LogP) is 3.81. The van der Waals surface area contributed by atoms with Crippen molar-refractivity contribution in [2.75, 3.05) is 54.4 Å². The van der Waals surface area contributed by atoms with Crippen molar-refractivity contribution >= 4 is 56.5 Å². The third kappa shape index (κ3) is 5.78. The van der Waals surface area contributed by atoms with Gasteiger partial charge < -0.3 is 9.80 Å². The van der Waals surface area contributed by atoms with Gasteiger partial charge in [0.2, 0.25) is 0 Å². The Balaban J connectivity index is 0.000000181. The number of amides is 4. The fourth-order valence-electron chi connectivity index (χ4n) is 5.50. The Morgan fingerprint density at radius 1 is 0.565 bits per heavy atom. The van der Waals surface area contributed by atoms with Crippen LogP contribution < -0.4 is 0 Å². The van der Waals surface area contributed by atoms with Crippen molar-refractivity contribution in [3.05, 3.63) is 103 Å². The second-order valence-corrected chi connectivity index (χ2v) is 11.4. The lowest BCUT2D eigenvalue weighted by atomic mass is 9.93. The van der Waals surface area contributed by atoms with Crippen molar-refractivity contribution in [3.63, 3.8) is 0 Å². The fraction of sp³-hybridized carbons (Fsp3) is 0.250. The third-order valence-corrected chi connectivity index (χ3v) is 7.79. The number of hydrogen-bond donors (Lipinski definition) is 0. The van der Waals surface area contributed by atoms with E-state index in [-0.39, 0.29) is 47.4 Å². The van der Waals surface area contributed by atoms with Crippen LogP contribution in [-0.2, 0) is 0 Å². The van der Waals surface area contributed by atoms with Gasteiger partial charge in [0.05, 0.1) is 21.0 Å². The van der Waals surface area contributed by atoms with E-state index < -0.39 is 21.7 Å². The van der Waals surface area contributed by atoms with E-state index >= 15 is 0 Å². The van der Waals surface area contributed by atoms with Gasteiger partial charge in [-0.25, -0.2) is 0 Å². The Bertz CT molecular complexity index is 1830. The number of hydrogen-bond acceptors (Lipinski definition) is 10. The summed E-state index contributed by atoms with van der Waals surface area (Å²) >= 11 is 0. The highest BCUT2D eigenvalue weighted by atomic mass is 16.6. The average molecular weight is 627 g/mol. The summed E-state index contributed by atoms with van der Waals surface area (Å²) in [5, 5.41) is 24.2.